The lowest BCUT2D eigenvalue weighted by Crippen LogP contribution is -2.29. The zero-order chi connectivity index (χ0) is 6.85. The molecule has 52 valence electrons. The van der Waals surface area contributed by atoms with Crippen LogP contribution in [0.25, 0.3) is 0 Å². The van der Waals surface area contributed by atoms with Crippen LogP contribution in [0.1, 0.15) is 13.3 Å². The van der Waals surface area contributed by atoms with E-state index in [1.807, 2.05) is 6.92 Å². The van der Waals surface area contributed by atoms with Crippen LogP contribution in [0.15, 0.2) is 0 Å². The van der Waals surface area contributed by atoms with E-state index in [9.17, 15) is 4.79 Å². The molecule has 0 aromatic carbocycles. The van der Waals surface area contributed by atoms with E-state index in [4.69, 9.17) is 10.5 Å². The molecule has 2 N–H and O–H groups in total. The normalized spacial score (nSPS) is 30.0. The number of hydrogen-bond acceptors (Lipinski definition) is 3. The number of ether oxygens (including phenoxy) is 1. The second-order valence-corrected chi connectivity index (χ2v) is 2.42. The highest BCUT2D eigenvalue weighted by atomic mass is 16.5. The van der Waals surface area contributed by atoms with Crippen molar-refractivity contribution in [2.45, 2.75) is 19.4 Å². The minimum absolute atomic E-state index is 0.0509. The maximum absolute atomic E-state index is 10.7. The molecule has 1 aliphatic heterocycles. The highest BCUT2D eigenvalue weighted by molar-refractivity contribution is 5.74. The van der Waals surface area contributed by atoms with Crippen LogP contribution in [0.4, 0.5) is 0 Å². The van der Waals surface area contributed by atoms with E-state index >= 15 is 0 Å². The second kappa shape index (κ2) is 2.35. The zero-order valence-corrected chi connectivity index (χ0v) is 5.46. The minimum atomic E-state index is -0.134. The fourth-order valence-corrected chi connectivity index (χ4v) is 0.989. The SMILES string of the molecule is C[C@@H](N)[C@H]1CCOC1=O. The van der Waals surface area contributed by atoms with E-state index in [-0.39, 0.29) is 17.9 Å². The van der Waals surface area contributed by atoms with Crippen LogP contribution in [0.2, 0.25) is 0 Å². The topological polar surface area (TPSA) is 52.3 Å². The fraction of sp³-hybridized carbons (Fsp3) is 0.833. The van der Waals surface area contributed by atoms with E-state index in [1.165, 1.54) is 0 Å². The first-order chi connectivity index (χ1) is 4.22. The van der Waals surface area contributed by atoms with Gasteiger partial charge in [0.05, 0.1) is 12.5 Å². The summed E-state index contributed by atoms with van der Waals surface area (Å²) in [4.78, 5) is 10.7. The lowest BCUT2D eigenvalue weighted by Gasteiger charge is -2.07. The van der Waals surface area contributed by atoms with E-state index in [0.29, 0.717) is 6.61 Å². The number of carbonyl (C=O) groups excluding carboxylic acids is 1. The summed E-state index contributed by atoms with van der Waals surface area (Å²) in [6.45, 7) is 2.38. The molecule has 9 heavy (non-hydrogen) atoms. The van der Waals surface area contributed by atoms with Crippen LogP contribution in [0, 0.1) is 5.92 Å². The number of hydrogen-bond donors (Lipinski definition) is 1. The Balaban J connectivity index is 2.49. The summed E-state index contributed by atoms with van der Waals surface area (Å²) < 4.78 is 4.71. The monoisotopic (exact) mass is 129 g/mol. The summed E-state index contributed by atoms with van der Waals surface area (Å²) in [5.41, 5.74) is 5.49. The summed E-state index contributed by atoms with van der Waals surface area (Å²) in [5, 5.41) is 0. The first-order valence-corrected chi connectivity index (χ1v) is 3.14. The van der Waals surface area contributed by atoms with Crippen molar-refractivity contribution in [3.63, 3.8) is 0 Å². The maximum Gasteiger partial charge on any atom is 0.310 e. The molecule has 3 nitrogen and oxygen atoms in total. The molecule has 0 saturated carbocycles. The van der Waals surface area contributed by atoms with Gasteiger partial charge in [0, 0.05) is 6.04 Å². The molecule has 0 unspecified atom stereocenters. The Morgan fingerprint density at radius 2 is 2.56 bits per heavy atom. The minimum Gasteiger partial charge on any atom is -0.465 e. The lowest BCUT2D eigenvalue weighted by molar-refractivity contribution is -0.141. The molecule has 2 atom stereocenters. The number of carbonyl (C=O) groups is 1. The van der Waals surface area contributed by atoms with Gasteiger partial charge in [0.15, 0.2) is 0 Å². The highest BCUT2D eigenvalue weighted by Crippen LogP contribution is 2.16. The first kappa shape index (κ1) is 6.55. The third-order valence-electron chi connectivity index (χ3n) is 1.61. The van der Waals surface area contributed by atoms with Gasteiger partial charge in [-0.15, -0.1) is 0 Å². The van der Waals surface area contributed by atoms with E-state index in [0.717, 1.165) is 6.42 Å². The van der Waals surface area contributed by atoms with Gasteiger partial charge in [0.2, 0.25) is 0 Å². The molecule has 0 bridgehead atoms. The predicted molar refractivity (Wildman–Crippen MR) is 32.7 cm³/mol. The van der Waals surface area contributed by atoms with Crippen molar-refractivity contribution in [3.05, 3.63) is 0 Å². The molecule has 1 fully saturated rings. The Hall–Kier alpha value is -0.570. The second-order valence-electron chi connectivity index (χ2n) is 2.42. The highest BCUT2D eigenvalue weighted by Gasteiger charge is 2.29. The number of rotatable bonds is 1. The van der Waals surface area contributed by atoms with Crippen molar-refractivity contribution in [2.75, 3.05) is 6.61 Å². The molecule has 0 radical (unpaired) electrons. The van der Waals surface area contributed by atoms with Crippen molar-refractivity contribution in [1.82, 2.24) is 0 Å². The summed E-state index contributed by atoms with van der Waals surface area (Å²) >= 11 is 0. The van der Waals surface area contributed by atoms with E-state index in [1.54, 1.807) is 0 Å². The van der Waals surface area contributed by atoms with Crippen molar-refractivity contribution in [2.24, 2.45) is 11.7 Å². The summed E-state index contributed by atoms with van der Waals surface area (Å²) in [6, 6.07) is -0.0556. The molecule has 1 aliphatic rings. The van der Waals surface area contributed by atoms with Crippen LogP contribution in [0.5, 0.6) is 0 Å². The Morgan fingerprint density at radius 3 is 2.78 bits per heavy atom. The number of nitrogens with two attached hydrogens (primary N) is 1. The summed E-state index contributed by atoms with van der Waals surface area (Å²) in [5.74, 6) is -0.185. The van der Waals surface area contributed by atoms with Gasteiger partial charge >= 0.3 is 5.97 Å². The van der Waals surface area contributed by atoms with Crippen LogP contribution in [-0.2, 0) is 9.53 Å². The molecule has 0 aliphatic carbocycles. The van der Waals surface area contributed by atoms with Crippen molar-refractivity contribution < 1.29 is 9.53 Å². The number of esters is 1. The molecule has 1 rings (SSSR count). The average molecular weight is 129 g/mol. The molecule has 1 saturated heterocycles. The van der Waals surface area contributed by atoms with Crippen LogP contribution in [0.3, 0.4) is 0 Å². The first-order valence-electron chi connectivity index (χ1n) is 3.14. The van der Waals surface area contributed by atoms with Crippen LogP contribution >= 0.6 is 0 Å². The molecule has 3 heteroatoms. The fourth-order valence-electron chi connectivity index (χ4n) is 0.989. The van der Waals surface area contributed by atoms with Gasteiger partial charge < -0.3 is 10.5 Å². The van der Waals surface area contributed by atoms with Gasteiger partial charge in [-0.3, -0.25) is 4.79 Å². The van der Waals surface area contributed by atoms with Gasteiger partial charge in [-0.1, -0.05) is 0 Å². The van der Waals surface area contributed by atoms with Crippen LogP contribution < -0.4 is 5.73 Å². The summed E-state index contributed by atoms with van der Waals surface area (Å²) in [6.07, 6.45) is 0.788. The van der Waals surface area contributed by atoms with Crippen LogP contribution in [-0.4, -0.2) is 18.6 Å². The summed E-state index contributed by atoms with van der Waals surface area (Å²) in [7, 11) is 0. The van der Waals surface area contributed by atoms with Gasteiger partial charge in [-0.2, -0.15) is 0 Å². The Labute approximate surface area is 54.2 Å². The molecule has 0 aromatic heterocycles. The smallest absolute Gasteiger partial charge is 0.310 e. The third-order valence-corrected chi connectivity index (χ3v) is 1.61. The zero-order valence-electron chi connectivity index (χ0n) is 5.46. The predicted octanol–water partition coefficient (Wildman–Crippen LogP) is -0.103. The van der Waals surface area contributed by atoms with Crippen molar-refractivity contribution in [3.8, 4) is 0 Å². The number of cyclic esters (lactones) is 1. The third kappa shape index (κ3) is 1.21. The lowest BCUT2D eigenvalue weighted by atomic mass is 10.0. The molecule has 1 heterocycles. The van der Waals surface area contributed by atoms with Gasteiger partial charge in [0.25, 0.3) is 0 Å². The Kier molecular flexibility index (Phi) is 1.71. The van der Waals surface area contributed by atoms with Crippen molar-refractivity contribution >= 4 is 5.97 Å². The van der Waals surface area contributed by atoms with Gasteiger partial charge in [0.1, 0.15) is 0 Å². The standard InChI is InChI=1S/C6H11NO2/c1-4(7)5-2-3-9-6(5)8/h4-5H,2-3,7H2,1H3/t4-,5-/m1/s1. The van der Waals surface area contributed by atoms with Gasteiger partial charge in [-0.05, 0) is 13.3 Å². The average Bonchev–Trinajstić information content (AvgIpc) is 2.13. The largest absolute Gasteiger partial charge is 0.465 e. The Bertz CT molecular complexity index is 122. The van der Waals surface area contributed by atoms with E-state index < -0.39 is 0 Å². The Morgan fingerprint density at radius 1 is 1.89 bits per heavy atom. The van der Waals surface area contributed by atoms with Gasteiger partial charge in [-0.25, -0.2) is 0 Å². The molecular weight excluding hydrogens is 118 g/mol. The molecule has 0 amide bonds. The van der Waals surface area contributed by atoms with E-state index in [2.05, 4.69) is 0 Å². The van der Waals surface area contributed by atoms with Crippen molar-refractivity contribution in [1.29, 1.82) is 0 Å². The molecular formula is C6H11NO2. The molecule has 0 spiro atoms. The molecule has 0 aromatic rings. The maximum atomic E-state index is 10.7. The quantitative estimate of drug-likeness (QED) is 0.503.